The lowest BCUT2D eigenvalue weighted by atomic mass is 10.1. The van der Waals surface area contributed by atoms with E-state index in [0.717, 1.165) is 10.4 Å². The SMILES string of the molecule is C/C(=N/NC(=O)c1nnn(-c2nonc2N)c1-c1cccs1)c1ccc(C#N)cc1. The molecule has 0 aliphatic heterocycles. The van der Waals surface area contributed by atoms with E-state index in [1.165, 1.54) is 16.0 Å². The highest BCUT2D eigenvalue weighted by molar-refractivity contribution is 7.13. The third kappa shape index (κ3) is 3.52. The van der Waals surface area contributed by atoms with E-state index in [-0.39, 0.29) is 17.3 Å². The first-order chi connectivity index (χ1) is 14.6. The van der Waals surface area contributed by atoms with Crippen molar-refractivity contribution in [2.45, 2.75) is 6.92 Å². The molecule has 0 fully saturated rings. The van der Waals surface area contributed by atoms with Gasteiger partial charge in [0.2, 0.25) is 11.6 Å². The zero-order valence-corrected chi connectivity index (χ0v) is 16.3. The van der Waals surface area contributed by atoms with Crippen molar-refractivity contribution in [2.75, 3.05) is 5.73 Å². The van der Waals surface area contributed by atoms with E-state index in [2.05, 4.69) is 41.9 Å². The Labute approximate surface area is 173 Å². The second-order valence-electron chi connectivity index (χ2n) is 5.98. The van der Waals surface area contributed by atoms with Crippen LogP contribution < -0.4 is 11.2 Å². The molecule has 0 spiro atoms. The summed E-state index contributed by atoms with van der Waals surface area (Å²) in [7, 11) is 0. The normalized spacial score (nSPS) is 11.3. The summed E-state index contributed by atoms with van der Waals surface area (Å²) in [5, 5.41) is 30.1. The highest BCUT2D eigenvalue weighted by Crippen LogP contribution is 2.29. The molecule has 11 nitrogen and oxygen atoms in total. The standard InChI is InChI=1S/C18H13N9O2S/c1-10(12-6-4-11(9-19)5-7-12)21-23-18(28)14-15(13-3-2-8-30-13)27(26-22-14)17-16(20)24-29-25-17/h2-8H,1H3,(H2,20,24)(H,23,28)/b21-10-. The van der Waals surface area contributed by atoms with Gasteiger partial charge in [-0.2, -0.15) is 15.0 Å². The number of hydrazone groups is 1. The Kier molecular flexibility index (Phi) is 5.02. The lowest BCUT2D eigenvalue weighted by molar-refractivity contribution is 0.0950. The number of carbonyl (C=O) groups is 1. The molecule has 0 atom stereocenters. The first kappa shape index (κ1) is 19.0. The van der Waals surface area contributed by atoms with Crippen molar-refractivity contribution in [1.29, 1.82) is 5.26 Å². The summed E-state index contributed by atoms with van der Waals surface area (Å²) >= 11 is 1.39. The Morgan fingerprint density at radius 2 is 2.10 bits per heavy atom. The van der Waals surface area contributed by atoms with Crippen molar-refractivity contribution in [2.24, 2.45) is 5.10 Å². The summed E-state index contributed by atoms with van der Waals surface area (Å²) in [6.45, 7) is 1.74. The van der Waals surface area contributed by atoms with Crippen LogP contribution in [0.3, 0.4) is 0 Å². The summed E-state index contributed by atoms with van der Waals surface area (Å²) in [5.74, 6) is -0.422. The number of hydrogen-bond acceptors (Lipinski definition) is 10. The average molecular weight is 419 g/mol. The lowest BCUT2D eigenvalue weighted by Crippen LogP contribution is -2.20. The van der Waals surface area contributed by atoms with Crippen molar-refractivity contribution < 1.29 is 9.42 Å². The Hall–Kier alpha value is -4.37. The van der Waals surface area contributed by atoms with Gasteiger partial charge in [-0.25, -0.2) is 10.1 Å². The molecular formula is C18H13N9O2S. The van der Waals surface area contributed by atoms with Gasteiger partial charge < -0.3 is 5.73 Å². The topological polar surface area (TPSA) is 161 Å². The minimum absolute atomic E-state index is 0.0133. The van der Waals surface area contributed by atoms with E-state index in [0.29, 0.717) is 17.0 Å². The summed E-state index contributed by atoms with van der Waals surface area (Å²) in [4.78, 5) is 13.5. The molecule has 0 bridgehead atoms. The fraction of sp³-hybridized carbons (Fsp3) is 0.0556. The predicted molar refractivity (Wildman–Crippen MR) is 108 cm³/mol. The fourth-order valence-corrected chi connectivity index (χ4v) is 3.35. The Bertz CT molecular complexity index is 1260. The van der Waals surface area contributed by atoms with Gasteiger partial charge in [0.1, 0.15) is 5.69 Å². The van der Waals surface area contributed by atoms with Crippen LogP contribution >= 0.6 is 11.3 Å². The minimum Gasteiger partial charge on any atom is -0.378 e. The van der Waals surface area contributed by atoms with Crippen LogP contribution in [0.5, 0.6) is 0 Å². The molecule has 3 heterocycles. The molecule has 0 aliphatic carbocycles. The van der Waals surface area contributed by atoms with Gasteiger partial charge in [-0.15, -0.1) is 16.4 Å². The number of thiophene rings is 1. The van der Waals surface area contributed by atoms with Gasteiger partial charge in [-0.1, -0.05) is 23.4 Å². The van der Waals surface area contributed by atoms with Crippen molar-refractivity contribution in [3.63, 3.8) is 0 Å². The van der Waals surface area contributed by atoms with Crippen LogP contribution in [0.15, 0.2) is 51.5 Å². The molecule has 3 aromatic heterocycles. The van der Waals surface area contributed by atoms with Crippen molar-refractivity contribution in [1.82, 2.24) is 30.7 Å². The Balaban J connectivity index is 1.65. The Morgan fingerprint density at radius 3 is 2.73 bits per heavy atom. The minimum atomic E-state index is -0.562. The molecule has 0 aliphatic rings. The average Bonchev–Trinajstić information content (AvgIpc) is 3.51. The van der Waals surface area contributed by atoms with Crippen LogP contribution in [0.25, 0.3) is 16.4 Å². The number of benzene rings is 1. The second kappa shape index (κ2) is 7.94. The molecule has 0 unspecified atom stereocenters. The quantitative estimate of drug-likeness (QED) is 0.367. The number of rotatable bonds is 5. The van der Waals surface area contributed by atoms with Crippen molar-refractivity contribution in [3.05, 3.63) is 58.6 Å². The molecule has 3 N–H and O–H groups in total. The van der Waals surface area contributed by atoms with Crippen LogP contribution in [0, 0.1) is 11.3 Å². The lowest BCUT2D eigenvalue weighted by Gasteiger charge is -2.04. The van der Waals surface area contributed by atoms with Crippen LogP contribution in [0.4, 0.5) is 5.82 Å². The summed E-state index contributed by atoms with van der Waals surface area (Å²) < 4.78 is 5.93. The first-order valence-corrected chi connectivity index (χ1v) is 9.39. The number of carbonyl (C=O) groups excluding carboxylic acids is 1. The number of amides is 1. The molecule has 0 radical (unpaired) electrons. The number of aromatic nitrogens is 5. The Morgan fingerprint density at radius 1 is 1.30 bits per heavy atom. The number of nitrogens with one attached hydrogen (secondary N) is 1. The van der Waals surface area contributed by atoms with Crippen molar-refractivity contribution in [3.8, 4) is 22.5 Å². The molecule has 1 amide bonds. The molecule has 30 heavy (non-hydrogen) atoms. The largest absolute Gasteiger partial charge is 0.378 e. The molecule has 12 heteroatoms. The maximum Gasteiger partial charge on any atom is 0.294 e. The van der Waals surface area contributed by atoms with E-state index < -0.39 is 5.91 Å². The van der Waals surface area contributed by atoms with Crippen LogP contribution in [0.1, 0.15) is 28.5 Å². The van der Waals surface area contributed by atoms with Crippen LogP contribution in [-0.2, 0) is 0 Å². The van der Waals surface area contributed by atoms with E-state index >= 15 is 0 Å². The van der Waals surface area contributed by atoms with Gasteiger partial charge in [0.05, 0.1) is 22.2 Å². The van der Waals surface area contributed by atoms with Crippen molar-refractivity contribution >= 4 is 28.8 Å². The predicted octanol–water partition coefficient (Wildman–Crippen LogP) is 1.99. The highest BCUT2D eigenvalue weighted by Gasteiger charge is 2.25. The second-order valence-corrected chi connectivity index (χ2v) is 6.92. The number of nitrogens with zero attached hydrogens (tertiary/aromatic N) is 7. The monoisotopic (exact) mass is 419 g/mol. The van der Waals surface area contributed by atoms with E-state index in [1.807, 2.05) is 17.5 Å². The zero-order valence-electron chi connectivity index (χ0n) is 15.5. The molecular weight excluding hydrogens is 406 g/mol. The van der Waals surface area contributed by atoms with Gasteiger partial charge in [0.25, 0.3) is 5.91 Å². The molecule has 148 valence electrons. The maximum absolute atomic E-state index is 12.8. The maximum atomic E-state index is 12.8. The fourth-order valence-electron chi connectivity index (χ4n) is 2.59. The zero-order chi connectivity index (χ0) is 21.1. The summed E-state index contributed by atoms with van der Waals surface area (Å²) in [6, 6.07) is 12.5. The van der Waals surface area contributed by atoms with Crippen LogP contribution in [0.2, 0.25) is 0 Å². The van der Waals surface area contributed by atoms with Gasteiger partial charge in [0, 0.05) is 0 Å². The number of hydrogen-bond donors (Lipinski definition) is 2. The molecule has 0 saturated heterocycles. The third-order valence-electron chi connectivity index (χ3n) is 4.09. The summed E-state index contributed by atoms with van der Waals surface area (Å²) in [6.07, 6.45) is 0. The molecule has 4 rings (SSSR count). The number of nitrogens with two attached hydrogens (primary N) is 1. The smallest absolute Gasteiger partial charge is 0.294 e. The highest BCUT2D eigenvalue weighted by atomic mass is 32.1. The van der Waals surface area contributed by atoms with E-state index in [4.69, 9.17) is 11.0 Å². The van der Waals surface area contributed by atoms with Crippen LogP contribution in [-0.4, -0.2) is 36.9 Å². The molecule has 1 aromatic carbocycles. The van der Waals surface area contributed by atoms with E-state index in [1.54, 1.807) is 31.2 Å². The van der Waals surface area contributed by atoms with Gasteiger partial charge in [-0.3, -0.25) is 4.79 Å². The number of nitriles is 1. The number of anilines is 1. The third-order valence-corrected chi connectivity index (χ3v) is 4.97. The first-order valence-electron chi connectivity index (χ1n) is 8.51. The van der Waals surface area contributed by atoms with Gasteiger partial charge in [0.15, 0.2) is 5.69 Å². The molecule has 0 saturated carbocycles. The summed E-state index contributed by atoms with van der Waals surface area (Å²) in [5.41, 5.74) is 10.5. The number of nitrogen functional groups attached to an aromatic ring is 1. The molecule has 4 aromatic rings. The van der Waals surface area contributed by atoms with Gasteiger partial charge >= 0.3 is 0 Å². The van der Waals surface area contributed by atoms with Gasteiger partial charge in [-0.05, 0) is 46.4 Å². The van der Waals surface area contributed by atoms with E-state index in [9.17, 15) is 4.79 Å².